The summed E-state index contributed by atoms with van der Waals surface area (Å²) in [5, 5.41) is 10.3. The van der Waals surface area contributed by atoms with Crippen molar-refractivity contribution in [2.24, 2.45) is 5.73 Å². The molecule has 1 aromatic carbocycles. The van der Waals surface area contributed by atoms with E-state index in [1.54, 1.807) is 0 Å². The summed E-state index contributed by atoms with van der Waals surface area (Å²) in [7, 11) is 0. The Hall–Kier alpha value is -1.17. The van der Waals surface area contributed by atoms with Gasteiger partial charge in [-0.05, 0) is 32.0 Å². The van der Waals surface area contributed by atoms with Crippen molar-refractivity contribution in [1.82, 2.24) is 10.2 Å². The van der Waals surface area contributed by atoms with Crippen LogP contribution < -0.4 is 10.5 Å². The van der Waals surface area contributed by atoms with Gasteiger partial charge in [-0.2, -0.15) is 0 Å². The van der Waals surface area contributed by atoms with Crippen LogP contribution in [0.3, 0.4) is 0 Å². The summed E-state index contributed by atoms with van der Waals surface area (Å²) in [4.78, 5) is 0. The van der Waals surface area contributed by atoms with Crippen molar-refractivity contribution in [2.45, 2.75) is 26.5 Å². The zero-order chi connectivity index (χ0) is 13.1. The van der Waals surface area contributed by atoms with E-state index in [1.807, 2.05) is 32.0 Å². The number of ether oxygens (including phenoxy) is 1. The van der Waals surface area contributed by atoms with Crippen LogP contribution in [0.4, 0.5) is 0 Å². The molecular weight excluding hydrogens is 270 g/mol. The fourth-order valence-corrected chi connectivity index (χ4v) is 2.38. The third kappa shape index (κ3) is 2.98. The second-order valence-electron chi connectivity index (χ2n) is 4.02. The van der Waals surface area contributed by atoms with Gasteiger partial charge in [0.25, 0.3) is 0 Å². The molecule has 0 saturated heterocycles. The molecule has 2 aromatic rings. The molecule has 0 aliphatic rings. The zero-order valence-electron chi connectivity index (χ0n) is 10.2. The molecule has 0 spiro atoms. The van der Waals surface area contributed by atoms with E-state index in [2.05, 4.69) is 10.2 Å². The number of aromatic nitrogens is 2. The minimum absolute atomic E-state index is 0.0960. The number of rotatable bonds is 4. The van der Waals surface area contributed by atoms with E-state index < -0.39 is 0 Å². The molecule has 0 fully saturated rings. The lowest BCUT2D eigenvalue weighted by Crippen LogP contribution is -2.05. The fraction of sp³-hybridized carbons (Fsp3) is 0.333. The maximum atomic E-state index is 6.17. The van der Waals surface area contributed by atoms with Crippen LogP contribution in [0.5, 0.6) is 5.75 Å². The maximum absolute atomic E-state index is 6.17. The largest absolute Gasteiger partial charge is 0.489 e. The first-order valence-electron chi connectivity index (χ1n) is 5.59. The number of hydrogen-bond donors (Lipinski definition) is 1. The molecule has 1 heterocycles. The van der Waals surface area contributed by atoms with E-state index in [0.29, 0.717) is 17.3 Å². The molecule has 96 valence electrons. The van der Waals surface area contributed by atoms with Gasteiger partial charge in [-0.25, -0.2) is 0 Å². The summed E-state index contributed by atoms with van der Waals surface area (Å²) >= 11 is 7.64. The Morgan fingerprint density at radius 2 is 2.17 bits per heavy atom. The van der Waals surface area contributed by atoms with Crippen molar-refractivity contribution in [3.05, 3.63) is 28.2 Å². The topological polar surface area (TPSA) is 61.0 Å². The Morgan fingerprint density at radius 3 is 2.72 bits per heavy atom. The highest BCUT2D eigenvalue weighted by Gasteiger charge is 2.09. The van der Waals surface area contributed by atoms with Gasteiger partial charge in [0, 0.05) is 12.1 Å². The summed E-state index contributed by atoms with van der Waals surface area (Å²) < 4.78 is 5.58. The monoisotopic (exact) mass is 283 g/mol. The maximum Gasteiger partial charge on any atom is 0.147 e. The number of benzene rings is 1. The first-order valence-corrected chi connectivity index (χ1v) is 6.78. The lowest BCUT2D eigenvalue weighted by atomic mass is 10.2. The minimum Gasteiger partial charge on any atom is -0.489 e. The molecule has 0 atom stereocenters. The first-order chi connectivity index (χ1) is 8.60. The molecule has 0 amide bonds. The standard InChI is InChI=1S/C12H14ClN3OS/c1-7(2)17-10-4-3-8(5-9(10)13)12-16-15-11(6-14)18-12/h3-5,7H,6,14H2,1-2H3. The fourth-order valence-electron chi connectivity index (χ4n) is 1.44. The molecule has 0 unspecified atom stereocenters. The Kier molecular flexibility index (Phi) is 4.16. The van der Waals surface area contributed by atoms with Gasteiger partial charge in [0.05, 0.1) is 11.1 Å². The van der Waals surface area contributed by atoms with E-state index in [0.717, 1.165) is 15.6 Å². The van der Waals surface area contributed by atoms with Crippen LogP contribution >= 0.6 is 22.9 Å². The Balaban J connectivity index is 2.28. The van der Waals surface area contributed by atoms with Gasteiger partial charge in [-0.1, -0.05) is 22.9 Å². The van der Waals surface area contributed by atoms with Gasteiger partial charge >= 0.3 is 0 Å². The zero-order valence-corrected chi connectivity index (χ0v) is 11.8. The van der Waals surface area contributed by atoms with Crippen LogP contribution in [0.25, 0.3) is 10.6 Å². The van der Waals surface area contributed by atoms with Crippen LogP contribution in [0.2, 0.25) is 5.02 Å². The van der Waals surface area contributed by atoms with Crippen molar-refractivity contribution in [3.8, 4) is 16.3 Å². The normalized spacial score (nSPS) is 10.9. The summed E-state index contributed by atoms with van der Waals surface area (Å²) in [6, 6.07) is 5.60. The summed E-state index contributed by atoms with van der Waals surface area (Å²) in [5.41, 5.74) is 6.44. The molecule has 0 saturated carbocycles. The lowest BCUT2D eigenvalue weighted by Gasteiger charge is -2.11. The van der Waals surface area contributed by atoms with Gasteiger partial charge in [0.2, 0.25) is 0 Å². The molecule has 0 aliphatic carbocycles. The molecular formula is C12H14ClN3OS. The van der Waals surface area contributed by atoms with Crippen LogP contribution in [0.15, 0.2) is 18.2 Å². The van der Waals surface area contributed by atoms with Crippen molar-refractivity contribution in [3.63, 3.8) is 0 Å². The van der Waals surface area contributed by atoms with Crippen LogP contribution in [0, 0.1) is 0 Å². The average Bonchev–Trinajstić information content (AvgIpc) is 2.80. The quantitative estimate of drug-likeness (QED) is 0.936. The highest BCUT2D eigenvalue weighted by Crippen LogP contribution is 2.32. The summed E-state index contributed by atoms with van der Waals surface area (Å²) in [5.74, 6) is 0.680. The van der Waals surface area contributed by atoms with Crippen molar-refractivity contribution < 1.29 is 4.74 Å². The molecule has 0 aliphatic heterocycles. The third-order valence-corrected chi connectivity index (χ3v) is 3.47. The molecule has 2 N–H and O–H groups in total. The minimum atomic E-state index is 0.0960. The smallest absolute Gasteiger partial charge is 0.147 e. The van der Waals surface area contributed by atoms with Crippen LogP contribution in [-0.2, 0) is 6.54 Å². The van der Waals surface area contributed by atoms with E-state index in [1.165, 1.54) is 11.3 Å². The number of hydrogen-bond acceptors (Lipinski definition) is 5. The first kappa shape index (κ1) is 13.3. The highest BCUT2D eigenvalue weighted by molar-refractivity contribution is 7.14. The predicted octanol–water partition coefficient (Wildman–Crippen LogP) is 3.10. The molecule has 6 heteroatoms. The molecule has 0 bridgehead atoms. The molecule has 0 radical (unpaired) electrons. The second kappa shape index (κ2) is 5.65. The number of halogens is 1. The Morgan fingerprint density at radius 1 is 1.39 bits per heavy atom. The second-order valence-corrected chi connectivity index (χ2v) is 5.49. The van der Waals surface area contributed by atoms with Crippen molar-refractivity contribution in [1.29, 1.82) is 0 Å². The SMILES string of the molecule is CC(C)Oc1ccc(-c2nnc(CN)s2)cc1Cl. The van der Waals surface area contributed by atoms with Crippen LogP contribution in [-0.4, -0.2) is 16.3 Å². The number of nitrogens with two attached hydrogens (primary N) is 1. The molecule has 18 heavy (non-hydrogen) atoms. The number of nitrogens with zero attached hydrogens (tertiary/aromatic N) is 2. The Bertz CT molecular complexity index is 542. The Labute approximate surface area is 115 Å². The van der Waals surface area contributed by atoms with E-state index in [9.17, 15) is 0 Å². The van der Waals surface area contributed by atoms with Gasteiger partial charge in [-0.3, -0.25) is 0 Å². The van der Waals surface area contributed by atoms with Gasteiger partial charge in [-0.15, -0.1) is 10.2 Å². The molecule has 1 aromatic heterocycles. The van der Waals surface area contributed by atoms with Crippen molar-refractivity contribution in [2.75, 3.05) is 0 Å². The molecule has 2 rings (SSSR count). The van der Waals surface area contributed by atoms with Crippen LogP contribution in [0.1, 0.15) is 18.9 Å². The van der Waals surface area contributed by atoms with E-state index in [4.69, 9.17) is 22.1 Å². The van der Waals surface area contributed by atoms with E-state index in [-0.39, 0.29) is 6.10 Å². The third-order valence-electron chi connectivity index (χ3n) is 2.18. The summed E-state index contributed by atoms with van der Waals surface area (Å²) in [6.07, 6.45) is 0.0960. The lowest BCUT2D eigenvalue weighted by molar-refractivity contribution is 0.242. The summed E-state index contributed by atoms with van der Waals surface area (Å²) in [6.45, 7) is 4.32. The highest BCUT2D eigenvalue weighted by atomic mass is 35.5. The average molecular weight is 284 g/mol. The van der Waals surface area contributed by atoms with Gasteiger partial charge in [0.15, 0.2) is 0 Å². The molecule has 4 nitrogen and oxygen atoms in total. The van der Waals surface area contributed by atoms with Crippen molar-refractivity contribution >= 4 is 22.9 Å². The van der Waals surface area contributed by atoms with E-state index >= 15 is 0 Å². The van der Waals surface area contributed by atoms with Gasteiger partial charge < -0.3 is 10.5 Å². The van der Waals surface area contributed by atoms with Gasteiger partial charge in [0.1, 0.15) is 15.8 Å². The predicted molar refractivity (Wildman–Crippen MR) is 74.0 cm³/mol.